The van der Waals surface area contributed by atoms with E-state index in [2.05, 4.69) is 58.3 Å². The Balaban J connectivity index is 2.05. The van der Waals surface area contributed by atoms with Crippen LogP contribution in [0.3, 0.4) is 0 Å². The SMILES string of the molecule is C=C1[C@H]2C(=O)[C@@](C)(CC=C(O[Si](C)(C)C)[C@H]2C)[C@@H]1c1ccccc1. The maximum absolute atomic E-state index is 13.3. The lowest BCUT2D eigenvalue weighted by Crippen LogP contribution is -2.30. The van der Waals surface area contributed by atoms with Crippen LogP contribution in [0, 0.1) is 17.3 Å². The van der Waals surface area contributed by atoms with Crippen LogP contribution in [0.2, 0.25) is 19.6 Å². The summed E-state index contributed by atoms with van der Waals surface area (Å²) in [4.78, 5) is 13.3. The second kappa shape index (κ2) is 5.73. The van der Waals surface area contributed by atoms with E-state index in [1.165, 1.54) is 5.56 Å². The van der Waals surface area contributed by atoms with Gasteiger partial charge in [-0.25, -0.2) is 0 Å². The molecule has 2 aliphatic carbocycles. The molecule has 0 aromatic heterocycles. The minimum atomic E-state index is -1.69. The van der Waals surface area contributed by atoms with Crippen LogP contribution in [0.1, 0.15) is 31.7 Å². The highest BCUT2D eigenvalue weighted by atomic mass is 28.4. The highest BCUT2D eigenvalue weighted by molar-refractivity contribution is 6.70. The Morgan fingerprint density at radius 1 is 1.21 bits per heavy atom. The van der Waals surface area contributed by atoms with Crippen molar-refractivity contribution in [1.29, 1.82) is 0 Å². The van der Waals surface area contributed by atoms with Gasteiger partial charge in [-0.3, -0.25) is 4.79 Å². The standard InChI is InChI=1S/C21H28O2Si/c1-14-17(23-24(4,5)6)12-13-21(3)19(15(2)18(14)20(21)22)16-10-8-7-9-11-16/h7-12,14,18-19H,2,13H2,1,3-6H3/t14-,18+,19+,21+/m1/s1. The van der Waals surface area contributed by atoms with Crippen molar-refractivity contribution in [3.05, 3.63) is 59.9 Å². The number of hydrogen-bond acceptors (Lipinski definition) is 2. The molecule has 2 bridgehead atoms. The Bertz CT molecular complexity index is 698. The minimum absolute atomic E-state index is 0.0762. The highest BCUT2D eigenvalue weighted by Crippen LogP contribution is 2.58. The van der Waals surface area contributed by atoms with Crippen LogP contribution in [-0.4, -0.2) is 14.1 Å². The molecule has 0 amide bonds. The van der Waals surface area contributed by atoms with E-state index in [-0.39, 0.29) is 17.8 Å². The van der Waals surface area contributed by atoms with Crippen LogP contribution < -0.4 is 0 Å². The van der Waals surface area contributed by atoms with E-state index in [0.29, 0.717) is 5.78 Å². The fourth-order valence-electron chi connectivity index (χ4n) is 4.40. The Morgan fingerprint density at radius 3 is 2.42 bits per heavy atom. The molecular weight excluding hydrogens is 312 g/mol. The Hall–Kier alpha value is -1.61. The minimum Gasteiger partial charge on any atom is -0.547 e. The van der Waals surface area contributed by atoms with Crippen molar-refractivity contribution in [2.24, 2.45) is 17.3 Å². The molecule has 0 aliphatic heterocycles. The maximum Gasteiger partial charge on any atom is 0.241 e. The number of carbonyl (C=O) groups excluding carboxylic acids is 1. The first-order valence-electron chi connectivity index (χ1n) is 8.82. The van der Waals surface area contributed by atoms with Gasteiger partial charge in [-0.05, 0) is 37.7 Å². The molecule has 0 N–H and O–H groups in total. The van der Waals surface area contributed by atoms with Crippen LogP contribution >= 0.6 is 0 Å². The lowest BCUT2D eigenvalue weighted by molar-refractivity contribution is -0.128. The fraction of sp³-hybridized carbons (Fsp3) is 0.476. The van der Waals surface area contributed by atoms with Gasteiger partial charge in [0.2, 0.25) is 8.32 Å². The molecule has 1 aromatic carbocycles. The van der Waals surface area contributed by atoms with E-state index in [1.54, 1.807) is 0 Å². The van der Waals surface area contributed by atoms with E-state index < -0.39 is 13.7 Å². The first-order valence-corrected chi connectivity index (χ1v) is 12.2. The highest BCUT2D eigenvalue weighted by Gasteiger charge is 2.57. The third-order valence-corrected chi connectivity index (χ3v) is 6.33. The van der Waals surface area contributed by atoms with Gasteiger partial charge < -0.3 is 4.43 Å². The van der Waals surface area contributed by atoms with Crippen LogP contribution in [0.25, 0.3) is 0 Å². The predicted octanol–water partition coefficient (Wildman–Crippen LogP) is 5.31. The van der Waals surface area contributed by atoms with Gasteiger partial charge in [0.1, 0.15) is 5.78 Å². The van der Waals surface area contributed by atoms with E-state index in [1.807, 2.05) is 18.2 Å². The summed E-state index contributed by atoms with van der Waals surface area (Å²) in [6.45, 7) is 15.2. The van der Waals surface area contributed by atoms with Crippen molar-refractivity contribution in [2.45, 2.75) is 45.8 Å². The predicted molar refractivity (Wildman–Crippen MR) is 101 cm³/mol. The van der Waals surface area contributed by atoms with E-state index in [0.717, 1.165) is 17.8 Å². The zero-order chi connectivity index (χ0) is 17.7. The van der Waals surface area contributed by atoms with Gasteiger partial charge in [0.15, 0.2) is 0 Å². The molecule has 0 unspecified atom stereocenters. The first-order chi connectivity index (χ1) is 11.1. The topological polar surface area (TPSA) is 26.3 Å². The lowest BCUT2D eigenvalue weighted by Gasteiger charge is -2.32. The van der Waals surface area contributed by atoms with E-state index in [9.17, 15) is 4.79 Å². The molecule has 1 aromatic rings. The molecule has 0 saturated heterocycles. The third-order valence-electron chi connectivity index (χ3n) is 5.49. The molecule has 0 radical (unpaired) electrons. The normalized spacial score (nSPS) is 33.2. The first kappa shape index (κ1) is 17.2. The largest absolute Gasteiger partial charge is 0.547 e. The zero-order valence-corrected chi connectivity index (χ0v) is 16.4. The number of hydrogen-bond donors (Lipinski definition) is 0. The summed E-state index contributed by atoms with van der Waals surface area (Å²) in [5.41, 5.74) is 1.85. The number of Topliss-reactive ketones (excluding diaryl/α,β-unsaturated/α-hetero) is 1. The molecule has 3 rings (SSSR count). The van der Waals surface area contributed by atoms with Gasteiger partial charge in [0.25, 0.3) is 0 Å². The summed E-state index contributed by atoms with van der Waals surface area (Å²) < 4.78 is 6.31. The number of fused-ring (bicyclic) bond motifs is 2. The average Bonchev–Trinajstić information content (AvgIpc) is 2.64. The van der Waals surface area contributed by atoms with Gasteiger partial charge in [-0.15, -0.1) is 0 Å². The summed E-state index contributed by atoms with van der Waals surface area (Å²) in [6.07, 6.45) is 2.91. The number of benzene rings is 1. The van der Waals surface area contributed by atoms with Crippen LogP contribution in [0.5, 0.6) is 0 Å². The molecule has 2 aliphatic rings. The third kappa shape index (κ3) is 2.69. The van der Waals surface area contributed by atoms with Crippen molar-refractivity contribution in [1.82, 2.24) is 0 Å². The van der Waals surface area contributed by atoms with Crippen molar-refractivity contribution in [2.75, 3.05) is 0 Å². The van der Waals surface area contributed by atoms with E-state index >= 15 is 0 Å². The number of carbonyl (C=O) groups is 1. The molecule has 2 nitrogen and oxygen atoms in total. The Kier molecular flexibility index (Phi) is 4.11. The molecule has 24 heavy (non-hydrogen) atoms. The van der Waals surface area contributed by atoms with Gasteiger partial charge >= 0.3 is 0 Å². The summed E-state index contributed by atoms with van der Waals surface area (Å²) in [5, 5.41) is 0. The molecular formula is C21H28O2Si. The summed E-state index contributed by atoms with van der Waals surface area (Å²) in [5.74, 6) is 1.38. The number of rotatable bonds is 3. The molecule has 128 valence electrons. The van der Waals surface area contributed by atoms with Crippen LogP contribution in [0.15, 0.2) is 54.3 Å². The summed E-state index contributed by atoms with van der Waals surface area (Å²) in [6, 6.07) is 10.4. The molecule has 3 heteroatoms. The van der Waals surface area contributed by atoms with E-state index in [4.69, 9.17) is 4.43 Å². The van der Waals surface area contributed by atoms with Crippen molar-refractivity contribution >= 4 is 14.1 Å². The van der Waals surface area contributed by atoms with Crippen molar-refractivity contribution in [3.63, 3.8) is 0 Å². The van der Waals surface area contributed by atoms with Gasteiger partial charge in [-0.1, -0.05) is 56.3 Å². The molecule has 0 spiro atoms. The quantitative estimate of drug-likeness (QED) is 0.551. The fourth-order valence-corrected chi connectivity index (χ4v) is 5.38. The average molecular weight is 341 g/mol. The smallest absolute Gasteiger partial charge is 0.241 e. The zero-order valence-electron chi connectivity index (χ0n) is 15.4. The molecule has 1 fully saturated rings. The maximum atomic E-state index is 13.3. The van der Waals surface area contributed by atoms with Crippen molar-refractivity contribution < 1.29 is 9.22 Å². The Morgan fingerprint density at radius 2 is 1.83 bits per heavy atom. The van der Waals surface area contributed by atoms with Gasteiger partial charge in [0.05, 0.1) is 5.76 Å². The van der Waals surface area contributed by atoms with Crippen molar-refractivity contribution in [3.8, 4) is 0 Å². The van der Waals surface area contributed by atoms with Gasteiger partial charge in [0, 0.05) is 23.2 Å². The van der Waals surface area contributed by atoms with Crippen LogP contribution in [-0.2, 0) is 9.22 Å². The van der Waals surface area contributed by atoms with Crippen LogP contribution in [0.4, 0.5) is 0 Å². The summed E-state index contributed by atoms with van der Waals surface area (Å²) in [7, 11) is -1.69. The summed E-state index contributed by atoms with van der Waals surface area (Å²) >= 11 is 0. The monoisotopic (exact) mass is 340 g/mol. The number of ketones is 1. The lowest BCUT2D eigenvalue weighted by atomic mass is 9.72. The second-order valence-electron chi connectivity index (χ2n) is 8.49. The number of allylic oxidation sites excluding steroid dienone is 3. The molecule has 1 saturated carbocycles. The molecule has 0 heterocycles. The van der Waals surface area contributed by atoms with Gasteiger partial charge in [-0.2, -0.15) is 0 Å². The Labute approximate surface area is 146 Å². The second-order valence-corrected chi connectivity index (χ2v) is 12.9. The molecule has 4 atom stereocenters.